The van der Waals surface area contributed by atoms with Gasteiger partial charge in [0.2, 0.25) is 5.91 Å². The van der Waals surface area contributed by atoms with Crippen molar-refractivity contribution in [2.75, 3.05) is 34.8 Å². The molecular formula is C21H21ClN4O4. The van der Waals surface area contributed by atoms with Gasteiger partial charge in [-0.1, -0.05) is 11.6 Å². The molecule has 2 heterocycles. The fourth-order valence-corrected chi connectivity index (χ4v) is 4.09. The van der Waals surface area contributed by atoms with Crippen molar-refractivity contribution < 1.29 is 14.5 Å². The van der Waals surface area contributed by atoms with Gasteiger partial charge < -0.3 is 15.1 Å². The van der Waals surface area contributed by atoms with Crippen LogP contribution in [0.3, 0.4) is 0 Å². The van der Waals surface area contributed by atoms with Crippen LogP contribution in [-0.4, -0.2) is 36.4 Å². The van der Waals surface area contributed by atoms with Crippen molar-refractivity contribution in [2.24, 2.45) is 0 Å². The molecule has 0 aliphatic carbocycles. The number of carbonyl (C=O) groups excluding carboxylic acids is 2. The van der Waals surface area contributed by atoms with E-state index in [4.69, 9.17) is 11.6 Å². The summed E-state index contributed by atoms with van der Waals surface area (Å²) in [5, 5.41) is 14.6. The molecule has 8 nitrogen and oxygen atoms in total. The molecule has 2 aliphatic rings. The van der Waals surface area contributed by atoms with Gasteiger partial charge in [-0.15, -0.1) is 0 Å². The van der Waals surface area contributed by atoms with E-state index in [9.17, 15) is 19.7 Å². The van der Waals surface area contributed by atoms with Crippen LogP contribution in [0.1, 0.15) is 36.0 Å². The van der Waals surface area contributed by atoms with Crippen LogP contribution in [0.15, 0.2) is 36.4 Å². The first-order valence-corrected chi connectivity index (χ1v) is 10.3. The predicted octanol–water partition coefficient (Wildman–Crippen LogP) is 4.23. The summed E-state index contributed by atoms with van der Waals surface area (Å²) in [6.45, 7) is 2.16. The number of anilines is 3. The number of nitro groups is 1. The zero-order chi connectivity index (χ0) is 21.3. The normalized spacial score (nSPS) is 16.2. The van der Waals surface area contributed by atoms with Crippen LogP contribution in [0.4, 0.5) is 22.7 Å². The minimum Gasteiger partial charge on any atom is -0.366 e. The Morgan fingerprint density at radius 1 is 1.07 bits per heavy atom. The number of amides is 2. The molecule has 2 amide bonds. The number of halogens is 1. The van der Waals surface area contributed by atoms with Crippen molar-refractivity contribution in [3.8, 4) is 0 Å². The molecular weight excluding hydrogens is 408 g/mol. The number of nitrogens with zero attached hydrogens (tertiary/aromatic N) is 3. The lowest BCUT2D eigenvalue weighted by molar-refractivity contribution is -0.384. The maximum Gasteiger partial charge on any atom is 0.293 e. The van der Waals surface area contributed by atoms with E-state index in [1.165, 1.54) is 6.07 Å². The molecule has 4 rings (SSSR count). The van der Waals surface area contributed by atoms with Crippen LogP contribution < -0.4 is 15.1 Å². The van der Waals surface area contributed by atoms with Crippen LogP contribution in [0.2, 0.25) is 5.02 Å². The van der Waals surface area contributed by atoms with Gasteiger partial charge in [0.1, 0.15) is 5.69 Å². The Kier molecular flexibility index (Phi) is 5.59. The molecule has 0 saturated carbocycles. The Morgan fingerprint density at radius 2 is 1.83 bits per heavy atom. The molecule has 0 unspecified atom stereocenters. The van der Waals surface area contributed by atoms with Gasteiger partial charge >= 0.3 is 0 Å². The number of rotatable bonds is 5. The molecule has 30 heavy (non-hydrogen) atoms. The first kappa shape index (κ1) is 20.2. The quantitative estimate of drug-likeness (QED) is 0.568. The van der Waals surface area contributed by atoms with Crippen LogP contribution in [0, 0.1) is 10.1 Å². The lowest BCUT2D eigenvalue weighted by atomic mass is 10.1. The Morgan fingerprint density at radius 3 is 2.50 bits per heavy atom. The molecule has 2 aliphatic heterocycles. The second kappa shape index (κ2) is 8.31. The van der Waals surface area contributed by atoms with Crippen molar-refractivity contribution in [1.29, 1.82) is 0 Å². The second-order valence-corrected chi connectivity index (χ2v) is 7.83. The fourth-order valence-electron chi connectivity index (χ4n) is 3.93. The van der Waals surface area contributed by atoms with Crippen molar-refractivity contribution in [3.05, 3.63) is 57.1 Å². The van der Waals surface area contributed by atoms with Crippen LogP contribution in [0.25, 0.3) is 0 Å². The Balaban J connectivity index is 1.58. The van der Waals surface area contributed by atoms with E-state index in [0.717, 1.165) is 32.4 Å². The average molecular weight is 429 g/mol. The topological polar surface area (TPSA) is 95.8 Å². The average Bonchev–Trinajstić information content (AvgIpc) is 3.41. The van der Waals surface area contributed by atoms with Crippen molar-refractivity contribution >= 4 is 46.2 Å². The van der Waals surface area contributed by atoms with Crippen LogP contribution in [0.5, 0.6) is 0 Å². The molecule has 1 N–H and O–H groups in total. The van der Waals surface area contributed by atoms with Gasteiger partial charge in [-0.05, 0) is 49.6 Å². The summed E-state index contributed by atoms with van der Waals surface area (Å²) in [6, 6.07) is 9.51. The second-order valence-electron chi connectivity index (χ2n) is 7.42. The molecule has 0 spiro atoms. The zero-order valence-electron chi connectivity index (χ0n) is 16.3. The molecule has 2 aromatic rings. The number of hydrogen-bond donors (Lipinski definition) is 1. The smallest absolute Gasteiger partial charge is 0.293 e. The summed E-state index contributed by atoms with van der Waals surface area (Å²) in [6.07, 6.45) is 3.27. The summed E-state index contributed by atoms with van der Waals surface area (Å²) >= 11 is 6.23. The Labute approximate surface area is 178 Å². The molecule has 0 aromatic heterocycles. The molecule has 2 aromatic carbocycles. The monoisotopic (exact) mass is 428 g/mol. The molecule has 156 valence electrons. The van der Waals surface area contributed by atoms with Gasteiger partial charge in [0.05, 0.1) is 15.6 Å². The summed E-state index contributed by atoms with van der Waals surface area (Å²) in [5.74, 6) is -0.472. The first-order valence-electron chi connectivity index (χ1n) is 9.89. The summed E-state index contributed by atoms with van der Waals surface area (Å²) in [4.78, 5) is 39.5. The van der Waals surface area contributed by atoms with Gasteiger partial charge in [-0.2, -0.15) is 0 Å². The summed E-state index contributed by atoms with van der Waals surface area (Å²) in [7, 11) is 0. The van der Waals surface area contributed by atoms with E-state index in [1.54, 1.807) is 35.2 Å². The maximum absolute atomic E-state index is 12.8. The van der Waals surface area contributed by atoms with Gasteiger partial charge in [0, 0.05) is 43.4 Å². The highest BCUT2D eigenvalue weighted by molar-refractivity contribution is 6.34. The largest absolute Gasteiger partial charge is 0.366 e. The fraction of sp³-hybridized carbons (Fsp3) is 0.333. The molecule has 9 heteroatoms. The number of nitrogens with one attached hydrogen (secondary N) is 1. The van der Waals surface area contributed by atoms with E-state index >= 15 is 0 Å². The minimum absolute atomic E-state index is 0.0303. The number of carbonyl (C=O) groups is 2. The standard InChI is InChI=1S/C21H21ClN4O4/c22-16-7-6-15(25-11-3-4-20(25)27)13-17(16)23-21(28)14-5-8-18(19(12-14)26(29)30)24-9-1-2-10-24/h5-8,12-13H,1-4,9-11H2,(H,23,28). The van der Waals surface area contributed by atoms with E-state index < -0.39 is 10.8 Å². The number of nitro benzene ring substituents is 1. The lowest BCUT2D eigenvalue weighted by Crippen LogP contribution is -2.24. The van der Waals surface area contributed by atoms with Gasteiger partial charge in [-0.3, -0.25) is 19.7 Å². The Bertz CT molecular complexity index is 1020. The lowest BCUT2D eigenvalue weighted by Gasteiger charge is -2.18. The third-order valence-electron chi connectivity index (χ3n) is 5.46. The van der Waals surface area contributed by atoms with Crippen molar-refractivity contribution in [1.82, 2.24) is 0 Å². The Hall–Kier alpha value is -3.13. The van der Waals surface area contributed by atoms with Gasteiger partial charge in [0.15, 0.2) is 0 Å². The molecule has 2 fully saturated rings. The van der Waals surface area contributed by atoms with Crippen LogP contribution in [-0.2, 0) is 4.79 Å². The van der Waals surface area contributed by atoms with E-state index in [2.05, 4.69) is 5.32 Å². The highest BCUT2D eigenvalue weighted by atomic mass is 35.5. The van der Waals surface area contributed by atoms with Crippen molar-refractivity contribution in [3.63, 3.8) is 0 Å². The van der Waals surface area contributed by atoms with Crippen molar-refractivity contribution in [2.45, 2.75) is 25.7 Å². The number of hydrogen-bond acceptors (Lipinski definition) is 5. The SMILES string of the molecule is O=C(Nc1cc(N2CCCC2=O)ccc1Cl)c1ccc(N2CCCC2)c([N+](=O)[O-])c1. The van der Waals surface area contributed by atoms with E-state index in [-0.39, 0.29) is 17.2 Å². The van der Waals surface area contributed by atoms with Crippen LogP contribution >= 0.6 is 11.6 Å². The molecule has 0 bridgehead atoms. The third kappa shape index (κ3) is 3.95. The number of benzene rings is 2. The highest BCUT2D eigenvalue weighted by Crippen LogP contribution is 2.33. The molecule has 2 saturated heterocycles. The van der Waals surface area contributed by atoms with E-state index in [0.29, 0.717) is 35.1 Å². The third-order valence-corrected chi connectivity index (χ3v) is 5.79. The highest BCUT2D eigenvalue weighted by Gasteiger charge is 2.25. The predicted molar refractivity (Wildman–Crippen MR) is 116 cm³/mol. The summed E-state index contributed by atoms with van der Waals surface area (Å²) < 4.78 is 0. The zero-order valence-corrected chi connectivity index (χ0v) is 17.0. The minimum atomic E-state index is -0.502. The molecule has 0 radical (unpaired) electrons. The first-order chi connectivity index (χ1) is 14.4. The maximum atomic E-state index is 12.8. The summed E-state index contributed by atoms with van der Waals surface area (Å²) in [5.41, 5.74) is 1.62. The molecule has 0 atom stereocenters. The van der Waals surface area contributed by atoms with Gasteiger partial charge in [0.25, 0.3) is 11.6 Å². The van der Waals surface area contributed by atoms with E-state index in [1.807, 2.05) is 4.90 Å². The van der Waals surface area contributed by atoms with Gasteiger partial charge in [-0.25, -0.2) is 0 Å².